The second kappa shape index (κ2) is 8.13. The summed E-state index contributed by atoms with van der Waals surface area (Å²) < 4.78 is 1.63. The van der Waals surface area contributed by atoms with Crippen molar-refractivity contribution in [2.45, 2.75) is 58.5 Å². The van der Waals surface area contributed by atoms with Gasteiger partial charge in [-0.1, -0.05) is 50.2 Å². The first-order chi connectivity index (χ1) is 14.2. The zero-order valence-electron chi connectivity index (χ0n) is 17.7. The number of thioether (sulfide) groups is 1. The lowest BCUT2D eigenvalue weighted by Gasteiger charge is -2.17. The first kappa shape index (κ1) is 21.6. The van der Waals surface area contributed by atoms with Crippen molar-refractivity contribution in [2.24, 2.45) is 5.41 Å². The van der Waals surface area contributed by atoms with Crippen LogP contribution in [0.2, 0.25) is 5.02 Å². The average Bonchev–Trinajstić information content (AvgIpc) is 3.06. The molecule has 0 spiro atoms. The molecule has 1 aliphatic carbocycles. The molecule has 0 atom stereocenters. The Bertz CT molecular complexity index is 1200. The topological polar surface area (TPSA) is 52.0 Å². The van der Waals surface area contributed by atoms with Crippen LogP contribution in [0.1, 0.15) is 49.6 Å². The van der Waals surface area contributed by atoms with E-state index in [1.54, 1.807) is 22.0 Å². The van der Waals surface area contributed by atoms with Gasteiger partial charge in [0, 0.05) is 15.3 Å². The molecular weight excluding hydrogens is 436 g/mol. The van der Waals surface area contributed by atoms with Gasteiger partial charge in [0.2, 0.25) is 0 Å². The SMILES string of the molecule is Cc1ccc(-n2c(SCC(=O)C(C)(C)C)nc3sc4c(c3c2=O)CCCC4)cc1Cl. The molecule has 0 aliphatic heterocycles. The van der Waals surface area contributed by atoms with Crippen LogP contribution in [0.5, 0.6) is 0 Å². The molecule has 4 nitrogen and oxygen atoms in total. The third-order valence-electron chi connectivity index (χ3n) is 5.54. The van der Waals surface area contributed by atoms with Crippen LogP contribution in [0.25, 0.3) is 15.9 Å². The van der Waals surface area contributed by atoms with Gasteiger partial charge in [-0.3, -0.25) is 14.2 Å². The number of hydrogen-bond donors (Lipinski definition) is 0. The summed E-state index contributed by atoms with van der Waals surface area (Å²) in [6.45, 7) is 7.66. The Balaban J connectivity index is 1.90. The minimum Gasteiger partial charge on any atom is -0.298 e. The minimum atomic E-state index is -0.433. The number of nitrogens with zero attached hydrogens (tertiary/aromatic N) is 2. The van der Waals surface area contributed by atoms with Crippen molar-refractivity contribution in [3.63, 3.8) is 0 Å². The first-order valence-electron chi connectivity index (χ1n) is 10.2. The zero-order valence-corrected chi connectivity index (χ0v) is 20.1. The number of thiophene rings is 1. The summed E-state index contributed by atoms with van der Waals surface area (Å²) in [5.41, 5.74) is 2.30. The third-order valence-corrected chi connectivity index (χ3v) is 8.07. The van der Waals surface area contributed by atoms with Crippen LogP contribution in [-0.4, -0.2) is 21.1 Å². The predicted octanol–water partition coefficient (Wildman–Crippen LogP) is 6.00. The molecule has 0 bridgehead atoms. The van der Waals surface area contributed by atoms with E-state index in [-0.39, 0.29) is 17.1 Å². The quantitative estimate of drug-likeness (QED) is 0.354. The van der Waals surface area contributed by atoms with Crippen LogP contribution in [0.15, 0.2) is 28.2 Å². The Morgan fingerprint density at radius 3 is 2.70 bits per heavy atom. The van der Waals surface area contributed by atoms with E-state index < -0.39 is 5.41 Å². The fourth-order valence-electron chi connectivity index (χ4n) is 3.58. The Morgan fingerprint density at radius 1 is 1.27 bits per heavy atom. The summed E-state index contributed by atoms with van der Waals surface area (Å²) in [4.78, 5) is 33.2. The van der Waals surface area contributed by atoms with Crippen molar-refractivity contribution in [1.82, 2.24) is 9.55 Å². The molecular formula is C23H25ClN2O2S2. The molecule has 0 unspecified atom stereocenters. The number of ketones is 1. The third kappa shape index (κ3) is 3.97. The van der Waals surface area contributed by atoms with Crippen molar-refractivity contribution in [1.29, 1.82) is 0 Å². The summed E-state index contributed by atoms with van der Waals surface area (Å²) in [6.07, 6.45) is 4.20. The van der Waals surface area contributed by atoms with Crippen LogP contribution in [0, 0.1) is 12.3 Å². The van der Waals surface area contributed by atoms with Gasteiger partial charge in [-0.25, -0.2) is 4.98 Å². The molecule has 30 heavy (non-hydrogen) atoms. The summed E-state index contributed by atoms with van der Waals surface area (Å²) in [6, 6.07) is 5.61. The van der Waals surface area contributed by atoms with Gasteiger partial charge in [-0.2, -0.15) is 0 Å². The van der Waals surface area contributed by atoms with Gasteiger partial charge >= 0.3 is 0 Å². The van der Waals surface area contributed by atoms with Gasteiger partial charge in [-0.05, 0) is 55.9 Å². The largest absolute Gasteiger partial charge is 0.298 e. The molecule has 1 aliphatic rings. The molecule has 0 saturated heterocycles. The lowest BCUT2D eigenvalue weighted by Crippen LogP contribution is -2.25. The van der Waals surface area contributed by atoms with Crippen molar-refractivity contribution in [3.05, 3.63) is 49.6 Å². The smallest absolute Gasteiger partial charge is 0.267 e. The highest BCUT2D eigenvalue weighted by molar-refractivity contribution is 7.99. The number of carbonyl (C=O) groups excluding carboxylic acids is 1. The number of halogens is 1. The van der Waals surface area contributed by atoms with E-state index in [0.29, 0.717) is 15.9 Å². The predicted molar refractivity (Wildman–Crippen MR) is 127 cm³/mol. The van der Waals surface area contributed by atoms with Crippen LogP contribution < -0.4 is 5.56 Å². The Kier molecular flexibility index (Phi) is 5.86. The van der Waals surface area contributed by atoms with Gasteiger partial charge in [0.25, 0.3) is 5.56 Å². The molecule has 2 aromatic heterocycles. The second-order valence-electron chi connectivity index (χ2n) is 8.82. The van der Waals surface area contributed by atoms with E-state index in [1.807, 2.05) is 39.8 Å². The second-order valence-corrected chi connectivity index (χ2v) is 11.3. The van der Waals surface area contributed by atoms with Gasteiger partial charge in [0.05, 0.1) is 16.8 Å². The van der Waals surface area contributed by atoms with Gasteiger partial charge < -0.3 is 0 Å². The maximum atomic E-state index is 13.7. The molecule has 0 amide bonds. The zero-order chi connectivity index (χ0) is 21.6. The molecule has 1 aromatic carbocycles. The van der Waals surface area contributed by atoms with E-state index in [0.717, 1.165) is 47.0 Å². The number of rotatable bonds is 4. The summed E-state index contributed by atoms with van der Waals surface area (Å²) in [7, 11) is 0. The molecule has 3 aromatic rings. The maximum Gasteiger partial charge on any atom is 0.267 e. The molecule has 2 heterocycles. The summed E-state index contributed by atoms with van der Waals surface area (Å²) in [5, 5.41) is 1.88. The fourth-order valence-corrected chi connectivity index (χ4v) is 6.23. The molecule has 0 N–H and O–H groups in total. The van der Waals surface area contributed by atoms with Crippen molar-refractivity contribution >= 4 is 50.7 Å². The number of aryl methyl sites for hydroxylation is 3. The number of hydrogen-bond acceptors (Lipinski definition) is 5. The van der Waals surface area contributed by atoms with Crippen LogP contribution in [0.3, 0.4) is 0 Å². The van der Waals surface area contributed by atoms with E-state index in [9.17, 15) is 9.59 Å². The Morgan fingerprint density at radius 2 is 2.00 bits per heavy atom. The number of fused-ring (bicyclic) bond motifs is 3. The van der Waals surface area contributed by atoms with Crippen LogP contribution in [-0.2, 0) is 17.6 Å². The summed E-state index contributed by atoms with van der Waals surface area (Å²) in [5.74, 6) is 0.396. The standard InChI is InChI=1S/C23H25ClN2O2S2/c1-13-9-10-14(11-16(13)24)26-21(28)19-15-7-5-6-8-17(15)30-20(19)25-22(26)29-12-18(27)23(2,3)4/h9-11H,5-8,12H2,1-4H3. The highest BCUT2D eigenvalue weighted by Gasteiger charge is 2.25. The van der Waals surface area contributed by atoms with Gasteiger partial charge in [0.15, 0.2) is 5.16 Å². The normalized spacial score (nSPS) is 14.2. The monoisotopic (exact) mass is 460 g/mol. The lowest BCUT2D eigenvalue weighted by atomic mass is 9.92. The minimum absolute atomic E-state index is 0.0648. The average molecular weight is 461 g/mol. The van der Waals surface area contributed by atoms with E-state index in [1.165, 1.54) is 16.6 Å². The molecule has 0 fully saturated rings. The number of Topliss-reactive ketones (excluding diaryl/α,β-unsaturated/α-hetero) is 1. The van der Waals surface area contributed by atoms with Crippen molar-refractivity contribution in [2.75, 3.05) is 5.75 Å². The van der Waals surface area contributed by atoms with Gasteiger partial charge in [0.1, 0.15) is 10.6 Å². The van der Waals surface area contributed by atoms with Crippen molar-refractivity contribution < 1.29 is 4.79 Å². The highest BCUT2D eigenvalue weighted by atomic mass is 35.5. The molecule has 158 valence electrons. The van der Waals surface area contributed by atoms with E-state index in [2.05, 4.69) is 0 Å². The fraction of sp³-hybridized carbons (Fsp3) is 0.435. The Labute approximate surface area is 189 Å². The molecule has 4 rings (SSSR count). The van der Waals surface area contributed by atoms with E-state index >= 15 is 0 Å². The van der Waals surface area contributed by atoms with Crippen molar-refractivity contribution in [3.8, 4) is 5.69 Å². The molecule has 7 heteroatoms. The number of benzene rings is 1. The van der Waals surface area contributed by atoms with E-state index in [4.69, 9.17) is 16.6 Å². The highest BCUT2D eigenvalue weighted by Crippen LogP contribution is 2.35. The van der Waals surface area contributed by atoms with Gasteiger partial charge in [-0.15, -0.1) is 11.3 Å². The van der Waals surface area contributed by atoms with Crippen LogP contribution >= 0.6 is 34.7 Å². The maximum absolute atomic E-state index is 13.7. The Hall–Kier alpha value is -1.63. The first-order valence-corrected chi connectivity index (χ1v) is 12.3. The molecule has 0 saturated carbocycles. The lowest BCUT2D eigenvalue weighted by molar-refractivity contribution is -0.123. The van der Waals surface area contributed by atoms with Crippen LogP contribution in [0.4, 0.5) is 0 Å². The number of carbonyl (C=O) groups is 1. The molecule has 0 radical (unpaired) electrons. The number of aromatic nitrogens is 2. The summed E-state index contributed by atoms with van der Waals surface area (Å²) >= 11 is 9.33.